The van der Waals surface area contributed by atoms with Crippen LogP contribution < -0.4 is 0 Å². The molecule has 0 heterocycles. The number of alkyl halides is 1. The Hall–Kier alpha value is -0.340. The molecule has 1 fully saturated rings. The van der Waals surface area contributed by atoms with E-state index in [1.54, 1.807) is 0 Å². The molecule has 0 spiro atoms. The zero-order valence-electron chi connectivity index (χ0n) is 9.03. The number of benzene rings is 1. The first kappa shape index (κ1) is 11.2. The molecule has 0 aliphatic heterocycles. The van der Waals surface area contributed by atoms with E-state index in [9.17, 15) is 0 Å². The zero-order chi connectivity index (χ0) is 10.7. The summed E-state index contributed by atoms with van der Waals surface area (Å²) in [6.45, 7) is 2.13. The molecule has 0 N–H and O–H groups in total. The Bertz CT molecular complexity index is 299. The van der Waals surface area contributed by atoms with Gasteiger partial charge in [0.1, 0.15) is 0 Å². The second-order valence-electron chi connectivity index (χ2n) is 4.17. The van der Waals surface area contributed by atoms with Gasteiger partial charge in [0.05, 0.1) is 12.2 Å². The standard InChI is InChI=1S/C13H17BrO/c1-10(11-6-3-2-4-7-11)15-13-9-5-8-12(13)14/h2-4,6-7,10,12-13H,5,8-9H2,1H3. The highest BCUT2D eigenvalue weighted by Crippen LogP contribution is 2.32. The van der Waals surface area contributed by atoms with Crippen molar-refractivity contribution in [3.05, 3.63) is 35.9 Å². The van der Waals surface area contributed by atoms with Crippen molar-refractivity contribution in [2.45, 2.75) is 43.2 Å². The van der Waals surface area contributed by atoms with Gasteiger partial charge in [0.25, 0.3) is 0 Å². The topological polar surface area (TPSA) is 9.23 Å². The highest BCUT2D eigenvalue weighted by Gasteiger charge is 2.27. The summed E-state index contributed by atoms with van der Waals surface area (Å²) in [4.78, 5) is 0.545. The smallest absolute Gasteiger partial charge is 0.0801 e. The summed E-state index contributed by atoms with van der Waals surface area (Å²) < 4.78 is 6.06. The Morgan fingerprint density at radius 1 is 1.27 bits per heavy atom. The van der Waals surface area contributed by atoms with E-state index < -0.39 is 0 Å². The molecule has 0 aromatic heterocycles. The van der Waals surface area contributed by atoms with Gasteiger partial charge in [0, 0.05) is 4.83 Å². The second-order valence-corrected chi connectivity index (χ2v) is 5.35. The van der Waals surface area contributed by atoms with Gasteiger partial charge >= 0.3 is 0 Å². The predicted octanol–water partition coefficient (Wildman–Crippen LogP) is 4.08. The molecule has 1 aromatic rings. The van der Waals surface area contributed by atoms with E-state index in [2.05, 4.69) is 47.1 Å². The first-order valence-corrected chi connectivity index (χ1v) is 6.53. The number of ether oxygens (including phenoxy) is 1. The Morgan fingerprint density at radius 2 is 2.00 bits per heavy atom. The zero-order valence-corrected chi connectivity index (χ0v) is 10.6. The molecular formula is C13H17BrO. The molecule has 1 aliphatic carbocycles. The van der Waals surface area contributed by atoms with Crippen molar-refractivity contribution in [1.82, 2.24) is 0 Å². The van der Waals surface area contributed by atoms with Gasteiger partial charge in [-0.05, 0) is 31.7 Å². The van der Waals surface area contributed by atoms with Crippen molar-refractivity contribution in [1.29, 1.82) is 0 Å². The third-order valence-corrected chi connectivity index (χ3v) is 4.07. The minimum Gasteiger partial charge on any atom is -0.369 e. The van der Waals surface area contributed by atoms with E-state index in [0.29, 0.717) is 10.9 Å². The minimum absolute atomic E-state index is 0.203. The molecule has 15 heavy (non-hydrogen) atoms. The highest BCUT2D eigenvalue weighted by atomic mass is 79.9. The molecule has 1 aromatic carbocycles. The fourth-order valence-corrected chi connectivity index (χ4v) is 2.81. The van der Waals surface area contributed by atoms with Crippen LogP contribution in [-0.2, 0) is 4.74 Å². The van der Waals surface area contributed by atoms with E-state index >= 15 is 0 Å². The molecule has 3 atom stereocenters. The fraction of sp³-hybridized carbons (Fsp3) is 0.538. The molecule has 3 unspecified atom stereocenters. The molecule has 1 saturated carbocycles. The summed E-state index contributed by atoms with van der Waals surface area (Å²) in [6, 6.07) is 10.4. The molecule has 1 nitrogen and oxygen atoms in total. The Kier molecular flexibility index (Phi) is 3.81. The lowest BCUT2D eigenvalue weighted by molar-refractivity contribution is 0.00469. The van der Waals surface area contributed by atoms with Crippen LogP contribution in [0.4, 0.5) is 0 Å². The SMILES string of the molecule is CC(OC1CCCC1Br)c1ccccc1. The minimum atomic E-state index is 0.203. The molecule has 2 heteroatoms. The number of rotatable bonds is 3. The lowest BCUT2D eigenvalue weighted by atomic mass is 10.1. The van der Waals surface area contributed by atoms with Gasteiger partial charge < -0.3 is 4.74 Å². The van der Waals surface area contributed by atoms with Gasteiger partial charge in [-0.2, -0.15) is 0 Å². The number of halogens is 1. The van der Waals surface area contributed by atoms with Crippen molar-refractivity contribution < 1.29 is 4.74 Å². The average Bonchev–Trinajstić information content (AvgIpc) is 2.66. The first-order valence-electron chi connectivity index (χ1n) is 5.62. The maximum absolute atomic E-state index is 6.06. The van der Waals surface area contributed by atoms with Crippen molar-refractivity contribution in [2.75, 3.05) is 0 Å². The lowest BCUT2D eigenvalue weighted by Crippen LogP contribution is -2.19. The number of hydrogen-bond acceptors (Lipinski definition) is 1. The summed E-state index contributed by atoms with van der Waals surface area (Å²) in [7, 11) is 0. The highest BCUT2D eigenvalue weighted by molar-refractivity contribution is 9.09. The van der Waals surface area contributed by atoms with Gasteiger partial charge in [-0.25, -0.2) is 0 Å². The van der Waals surface area contributed by atoms with Crippen LogP contribution in [0.2, 0.25) is 0 Å². The molecule has 0 saturated heterocycles. The third kappa shape index (κ3) is 2.82. The van der Waals surface area contributed by atoms with Crippen LogP contribution in [0.3, 0.4) is 0 Å². The molecule has 1 aliphatic rings. The third-order valence-electron chi connectivity index (χ3n) is 3.02. The maximum Gasteiger partial charge on any atom is 0.0801 e. The molecule has 0 amide bonds. The van der Waals surface area contributed by atoms with Crippen molar-refractivity contribution in [3.8, 4) is 0 Å². The van der Waals surface area contributed by atoms with Gasteiger partial charge in [-0.3, -0.25) is 0 Å². The summed E-state index contributed by atoms with van der Waals surface area (Å²) in [5, 5.41) is 0. The first-order chi connectivity index (χ1) is 7.27. The number of hydrogen-bond donors (Lipinski definition) is 0. The second kappa shape index (κ2) is 5.13. The summed E-state index contributed by atoms with van der Waals surface area (Å²) in [6.07, 6.45) is 4.30. The Labute approximate surface area is 100.0 Å². The fourth-order valence-electron chi connectivity index (χ4n) is 2.10. The predicted molar refractivity (Wildman–Crippen MR) is 66.3 cm³/mol. The maximum atomic E-state index is 6.06. The summed E-state index contributed by atoms with van der Waals surface area (Å²) in [5.74, 6) is 0. The van der Waals surface area contributed by atoms with Crippen molar-refractivity contribution >= 4 is 15.9 Å². The molecule has 0 radical (unpaired) electrons. The van der Waals surface area contributed by atoms with Crippen LogP contribution >= 0.6 is 15.9 Å². The van der Waals surface area contributed by atoms with E-state index in [1.807, 2.05) is 6.07 Å². The van der Waals surface area contributed by atoms with E-state index in [-0.39, 0.29) is 6.10 Å². The van der Waals surface area contributed by atoms with Crippen molar-refractivity contribution in [2.24, 2.45) is 0 Å². The lowest BCUT2D eigenvalue weighted by Gasteiger charge is -2.21. The van der Waals surface area contributed by atoms with Gasteiger partial charge in [0.15, 0.2) is 0 Å². The quantitative estimate of drug-likeness (QED) is 0.751. The van der Waals surface area contributed by atoms with Crippen LogP contribution in [0.5, 0.6) is 0 Å². The monoisotopic (exact) mass is 268 g/mol. The van der Waals surface area contributed by atoms with Crippen LogP contribution in [0.15, 0.2) is 30.3 Å². The average molecular weight is 269 g/mol. The van der Waals surface area contributed by atoms with Gasteiger partial charge in [-0.1, -0.05) is 46.3 Å². The molecule has 2 rings (SSSR count). The molecule has 82 valence electrons. The van der Waals surface area contributed by atoms with Crippen molar-refractivity contribution in [3.63, 3.8) is 0 Å². The molecule has 0 bridgehead atoms. The summed E-state index contributed by atoms with van der Waals surface area (Å²) >= 11 is 3.68. The van der Waals surface area contributed by atoms with Crippen LogP contribution in [0.1, 0.15) is 37.9 Å². The van der Waals surface area contributed by atoms with E-state index in [4.69, 9.17) is 4.74 Å². The van der Waals surface area contributed by atoms with Crippen LogP contribution in [0.25, 0.3) is 0 Å². The van der Waals surface area contributed by atoms with E-state index in [1.165, 1.54) is 24.8 Å². The Morgan fingerprint density at radius 3 is 2.60 bits per heavy atom. The molecular weight excluding hydrogens is 252 g/mol. The normalized spacial score (nSPS) is 27.9. The van der Waals surface area contributed by atoms with Gasteiger partial charge in [-0.15, -0.1) is 0 Å². The van der Waals surface area contributed by atoms with Crippen LogP contribution in [0, 0.1) is 0 Å². The van der Waals surface area contributed by atoms with Gasteiger partial charge in [0.2, 0.25) is 0 Å². The van der Waals surface area contributed by atoms with E-state index in [0.717, 1.165) is 0 Å². The largest absolute Gasteiger partial charge is 0.369 e. The van der Waals surface area contributed by atoms with Crippen LogP contribution in [-0.4, -0.2) is 10.9 Å². The Balaban J connectivity index is 1.95. The summed E-state index contributed by atoms with van der Waals surface area (Å²) in [5.41, 5.74) is 1.27.